The molecule has 1 aliphatic heterocycles. The number of carboxylic acids is 1. The fourth-order valence-corrected chi connectivity index (χ4v) is 3.36. The minimum absolute atomic E-state index is 0.0507. The topological polar surface area (TPSA) is 66.8 Å². The minimum Gasteiger partial charge on any atom is -0.481 e. The van der Waals surface area contributed by atoms with Crippen molar-refractivity contribution in [2.24, 2.45) is 5.92 Å². The van der Waals surface area contributed by atoms with Crippen molar-refractivity contribution in [3.8, 4) is 0 Å². The molecule has 5 heteroatoms. The van der Waals surface area contributed by atoms with E-state index < -0.39 is 18.0 Å². The van der Waals surface area contributed by atoms with Gasteiger partial charge in [0.2, 0.25) is 0 Å². The van der Waals surface area contributed by atoms with Crippen LogP contribution < -0.4 is 0 Å². The Morgan fingerprint density at radius 2 is 1.76 bits per heavy atom. The lowest BCUT2D eigenvalue weighted by Gasteiger charge is -2.33. The summed E-state index contributed by atoms with van der Waals surface area (Å²) in [5.41, 5.74) is 0. The second-order valence-corrected chi connectivity index (χ2v) is 6.35. The molecule has 0 aromatic heterocycles. The summed E-state index contributed by atoms with van der Waals surface area (Å²) in [6.45, 7) is 2.78. The van der Waals surface area contributed by atoms with Crippen molar-refractivity contribution in [1.82, 2.24) is 4.90 Å². The first-order valence-electron chi connectivity index (χ1n) is 8.25. The van der Waals surface area contributed by atoms with Crippen molar-refractivity contribution in [3.63, 3.8) is 0 Å². The van der Waals surface area contributed by atoms with E-state index in [1.807, 2.05) is 0 Å². The van der Waals surface area contributed by atoms with Gasteiger partial charge >= 0.3 is 5.97 Å². The molecule has 1 aliphatic carbocycles. The van der Waals surface area contributed by atoms with E-state index in [-0.39, 0.29) is 12.0 Å². The monoisotopic (exact) mass is 297 g/mol. The zero-order chi connectivity index (χ0) is 15.2. The molecule has 21 heavy (non-hydrogen) atoms. The van der Waals surface area contributed by atoms with Crippen LogP contribution in [0.3, 0.4) is 0 Å². The maximum Gasteiger partial charge on any atom is 0.308 e. The molecule has 2 aliphatic rings. The number of carbonyl (C=O) groups is 2. The summed E-state index contributed by atoms with van der Waals surface area (Å²) in [7, 11) is 0. The van der Waals surface area contributed by atoms with Crippen molar-refractivity contribution in [1.29, 1.82) is 0 Å². The number of aliphatic carboxylic acids is 1. The molecule has 0 aromatic carbocycles. The Kier molecular flexibility index (Phi) is 6.03. The molecular formula is C16H27NO4. The van der Waals surface area contributed by atoms with Gasteiger partial charge in [-0.2, -0.15) is 0 Å². The summed E-state index contributed by atoms with van der Waals surface area (Å²) in [4.78, 5) is 25.2. The first kappa shape index (κ1) is 16.3. The van der Waals surface area contributed by atoms with Gasteiger partial charge in [-0.1, -0.05) is 25.7 Å². The van der Waals surface area contributed by atoms with Crippen LogP contribution in [-0.2, 0) is 14.3 Å². The minimum atomic E-state index is -0.801. The number of piperidine rings is 1. The van der Waals surface area contributed by atoms with Gasteiger partial charge in [-0.05, 0) is 32.6 Å². The molecule has 0 bridgehead atoms. The number of hydrogen-bond donors (Lipinski definition) is 1. The number of nitrogens with zero attached hydrogens (tertiary/aromatic N) is 1. The van der Waals surface area contributed by atoms with Crippen molar-refractivity contribution in [2.75, 3.05) is 13.1 Å². The standard InChI is InChI=1S/C16H27NO4/c1-12(21-14-8-4-2-3-5-9-14)15(18)17-10-6-7-13(11-17)16(19)20/h12-14H,2-11H2,1H3,(H,19,20). The van der Waals surface area contributed by atoms with Crippen LogP contribution in [0.15, 0.2) is 0 Å². The predicted octanol–water partition coefficient (Wildman–Crippen LogP) is 2.44. The van der Waals surface area contributed by atoms with E-state index in [1.54, 1.807) is 11.8 Å². The van der Waals surface area contributed by atoms with Gasteiger partial charge in [0.05, 0.1) is 12.0 Å². The van der Waals surface area contributed by atoms with Crippen LogP contribution >= 0.6 is 0 Å². The Labute approximate surface area is 126 Å². The zero-order valence-electron chi connectivity index (χ0n) is 12.9. The maximum atomic E-state index is 12.4. The molecule has 2 fully saturated rings. The van der Waals surface area contributed by atoms with Crippen LogP contribution in [0.5, 0.6) is 0 Å². The van der Waals surface area contributed by atoms with Gasteiger partial charge in [-0.25, -0.2) is 0 Å². The quantitative estimate of drug-likeness (QED) is 0.809. The lowest BCUT2D eigenvalue weighted by atomic mass is 9.98. The Morgan fingerprint density at radius 3 is 2.38 bits per heavy atom. The number of ether oxygens (including phenoxy) is 1. The molecule has 1 heterocycles. The van der Waals surface area contributed by atoms with Crippen LogP contribution in [0, 0.1) is 5.92 Å². The van der Waals surface area contributed by atoms with Gasteiger partial charge < -0.3 is 14.7 Å². The molecule has 0 aromatic rings. The van der Waals surface area contributed by atoms with Crippen molar-refractivity contribution in [3.05, 3.63) is 0 Å². The van der Waals surface area contributed by atoms with Crippen LogP contribution in [-0.4, -0.2) is 47.2 Å². The first-order valence-corrected chi connectivity index (χ1v) is 8.25. The largest absolute Gasteiger partial charge is 0.481 e. The zero-order valence-corrected chi connectivity index (χ0v) is 12.9. The number of likely N-dealkylation sites (tertiary alicyclic amines) is 1. The van der Waals surface area contributed by atoms with E-state index in [1.165, 1.54) is 25.7 Å². The number of rotatable bonds is 4. The van der Waals surface area contributed by atoms with Gasteiger partial charge in [-0.15, -0.1) is 0 Å². The average molecular weight is 297 g/mol. The third-order valence-corrected chi connectivity index (χ3v) is 4.63. The number of hydrogen-bond acceptors (Lipinski definition) is 3. The van der Waals surface area contributed by atoms with E-state index in [2.05, 4.69) is 0 Å². The fourth-order valence-electron chi connectivity index (χ4n) is 3.36. The van der Waals surface area contributed by atoms with Crippen LogP contribution in [0.2, 0.25) is 0 Å². The first-order chi connectivity index (χ1) is 10.1. The highest BCUT2D eigenvalue weighted by Gasteiger charge is 2.31. The third-order valence-electron chi connectivity index (χ3n) is 4.63. The van der Waals surface area contributed by atoms with Gasteiger partial charge in [-0.3, -0.25) is 9.59 Å². The fraction of sp³-hybridized carbons (Fsp3) is 0.875. The molecule has 2 rings (SSSR count). The molecule has 5 nitrogen and oxygen atoms in total. The van der Waals surface area contributed by atoms with E-state index >= 15 is 0 Å². The molecule has 1 amide bonds. The molecule has 1 saturated heterocycles. The summed E-state index contributed by atoms with van der Waals surface area (Å²) >= 11 is 0. The molecule has 0 radical (unpaired) electrons. The van der Waals surface area contributed by atoms with Crippen molar-refractivity contribution >= 4 is 11.9 Å². The molecule has 1 N–H and O–H groups in total. The summed E-state index contributed by atoms with van der Waals surface area (Å²) in [6, 6.07) is 0. The summed E-state index contributed by atoms with van der Waals surface area (Å²) in [5.74, 6) is -1.28. The normalized spacial score (nSPS) is 26.1. The second-order valence-electron chi connectivity index (χ2n) is 6.35. The lowest BCUT2D eigenvalue weighted by Crippen LogP contribution is -2.47. The Bertz CT molecular complexity index is 363. The Morgan fingerprint density at radius 1 is 1.10 bits per heavy atom. The van der Waals surface area contributed by atoms with Crippen molar-refractivity contribution in [2.45, 2.75) is 70.5 Å². The predicted molar refractivity (Wildman–Crippen MR) is 79.0 cm³/mol. The molecule has 2 unspecified atom stereocenters. The molecule has 1 saturated carbocycles. The van der Waals surface area contributed by atoms with Gasteiger partial charge in [0, 0.05) is 13.1 Å². The van der Waals surface area contributed by atoms with Gasteiger partial charge in [0.15, 0.2) is 0 Å². The van der Waals surface area contributed by atoms with Crippen LogP contribution in [0.25, 0.3) is 0 Å². The van der Waals surface area contributed by atoms with E-state index in [0.717, 1.165) is 19.3 Å². The van der Waals surface area contributed by atoms with Gasteiger partial charge in [0.1, 0.15) is 6.10 Å². The summed E-state index contributed by atoms with van der Waals surface area (Å²) < 4.78 is 5.94. The van der Waals surface area contributed by atoms with Crippen LogP contribution in [0.1, 0.15) is 58.3 Å². The lowest BCUT2D eigenvalue weighted by molar-refractivity contribution is -0.152. The highest BCUT2D eigenvalue weighted by Crippen LogP contribution is 2.22. The Hall–Kier alpha value is -1.10. The van der Waals surface area contributed by atoms with Crippen molar-refractivity contribution < 1.29 is 19.4 Å². The highest BCUT2D eigenvalue weighted by molar-refractivity contribution is 5.81. The van der Waals surface area contributed by atoms with Crippen LogP contribution in [0.4, 0.5) is 0 Å². The molecule has 0 spiro atoms. The number of amides is 1. The molecule has 120 valence electrons. The van der Waals surface area contributed by atoms with E-state index in [9.17, 15) is 9.59 Å². The average Bonchev–Trinajstić information content (AvgIpc) is 2.75. The molecule has 2 atom stereocenters. The smallest absolute Gasteiger partial charge is 0.308 e. The molecular weight excluding hydrogens is 270 g/mol. The highest BCUT2D eigenvalue weighted by atomic mass is 16.5. The SMILES string of the molecule is CC(OC1CCCCCC1)C(=O)N1CCCC(C(=O)O)C1. The summed E-state index contributed by atoms with van der Waals surface area (Å²) in [6.07, 6.45) is 8.10. The number of carbonyl (C=O) groups excluding carboxylic acids is 1. The third kappa shape index (κ3) is 4.70. The maximum absolute atomic E-state index is 12.4. The Balaban J connectivity index is 1.84. The number of carboxylic acid groups (broad SMARTS) is 1. The van der Waals surface area contributed by atoms with Gasteiger partial charge in [0.25, 0.3) is 5.91 Å². The van der Waals surface area contributed by atoms with E-state index in [0.29, 0.717) is 19.5 Å². The summed E-state index contributed by atoms with van der Waals surface area (Å²) in [5, 5.41) is 9.10. The van der Waals surface area contributed by atoms with E-state index in [4.69, 9.17) is 9.84 Å². The second kappa shape index (κ2) is 7.78.